The highest BCUT2D eigenvalue weighted by Gasteiger charge is 2.15. The summed E-state index contributed by atoms with van der Waals surface area (Å²) in [4.78, 5) is 4.59. The van der Waals surface area contributed by atoms with E-state index in [0.717, 1.165) is 50.3 Å². The predicted molar refractivity (Wildman–Crippen MR) is 79.3 cm³/mol. The van der Waals surface area contributed by atoms with Gasteiger partial charge in [0, 0.05) is 31.9 Å². The molecule has 0 atom stereocenters. The highest BCUT2D eigenvalue weighted by atomic mass is 19.1. The van der Waals surface area contributed by atoms with Crippen molar-refractivity contribution in [1.29, 1.82) is 0 Å². The molecule has 0 N–H and O–H groups in total. The molecule has 2 nitrogen and oxygen atoms in total. The summed E-state index contributed by atoms with van der Waals surface area (Å²) in [6, 6.07) is 5.76. The molecule has 0 spiro atoms. The van der Waals surface area contributed by atoms with E-state index >= 15 is 0 Å². The zero-order valence-corrected chi connectivity index (χ0v) is 12.2. The number of nitrogens with zero attached hydrogens (tertiary/aromatic N) is 2. The quantitative estimate of drug-likeness (QED) is 0.753. The number of aryl methyl sites for hydroxylation is 1. The fraction of sp³-hybridized carbons (Fsp3) is 0.625. The summed E-state index contributed by atoms with van der Waals surface area (Å²) in [5, 5.41) is 0. The second-order valence-electron chi connectivity index (χ2n) is 5.52. The molecule has 19 heavy (non-hydrogen) atoms. The maximum absolute atomic E-state index is 14.1. The minimum Gasteiger partial charge on any atom is -0.369 e. The summed E-state index contributed by atoms with van der Waals surface area (Å²) in [7, 11) is 2.13. The third-order valence-electron chi connectivity index (χ3n) is 3.95. The summed E-state index contributed by atoms with van der Waals surface area (Å²) >= 11 is 0. The van der Waals surface area contributed by atoms with Gasteiger partial charge in [0.2, 0.25) is 0 Å². The topological polar surface area (TPSA) is 6.48 Å². The molecule has 0 bridgehead atoms. The number of likely N-dealkylation sites (N-methyl/N-ethyl adjacent to an activating group) is 1. The molecular weight excluding hydrogens is 239 g/mol. The maximum atomic E-state index is 14.1. The van der Waals surface area contributed by atoms with Gasteiger partial charge in [0.05, 0.1) is 0 Å². The van der Waals surface area contributed by atoms with Gasteiger partial charge in [-0.3, -0.25) is 0 Å². The van der Waals surface area contributed by atoms with E-state index in [9.17, 15) is 4.39 Å². The molecule has 0 amide bonds. The lowest BCUT2D eigenvalue weighted by Crippen LogP contribution is -2.44. The molecule has 1 saturated heterocycles. The van der Waals surface area contributed by atoms with Crippen LogP contribution in [0.1, 0.15) is 31.7 Å². The number of hydrogen-bond donors (Lipinski definition) is 0. The Balaban J connectivity index is 1.98. The number of unbranched alkanes of at least 4 members (excludes halogenated alkanes) is 2. The first-order valence-corrected chi connectivity index (χ1v) is 7.42. The second-order valence-corrected chi connectivity index (χ2v) is 5.52. The lowest BCUT2D eigenvalue weighted by molar-refractivity contribution is 0.312. The summed E-state index contributed by atoms with van der Waals surface area (Å²) in [6.07, 6.45) is 4.31. The predicted octanol–water partition coefficient (Wildman–Crippen LogP) is 3.31. The first kappa shape index (κ1) is 14.3. The smallest absolute Gasteiger partial charge is 0.128 e. The minimum atomic E-state index is -0.0347. The Morgan fingerprint density at radius 3 is 2.47 bits per heavy atom. The van der Waals surface area contributed by atoms with Crippen LogP contribution in [0.25, 0.3) is 0 Å². The second kappa shape index (κ2) is 6.90. The molecule has 0 radical (unpaired) electrons. The average molecular weight is 264 g/mol. The van der Waals surface area contributed by atoms with Crippen molar-refractivity contribution in [2.75, 3.05) is 38.1 Å². The van der Waals surface area contributed by atoms with Crippen LogP contribution >= 0.6 is 0 Å². The Labute approximate surface area is 116 Å². The van der Waals surface area contributed by atoms with Crippen molar-refractivity contribution >= 4 is 5.69 Å². The van der Waals surface area contributed by atoms with Crippen molar-refractivity contribution in [2.45, 2.75) is 32.6 Å². The Morgan fingerprint density at radius 1 is 1.11 bits per heavy atom. The van der Waals surface area contributed by atoms with E-state index in [0.29, 0.717) is 0 Å². The van der Waals surface area contributed by atoms with E-state index in [-0.39, 0.29) is 5.82 Å². The van der Waals surface area contributed by atoms with E-state index in [2.05, 4.69) is 29.8 Å². The molecular formula is C16H25FN2. The van der Waals surface area contributed by atoms with Crippen molar-refractivity contribution in [1.82, 2.24) is 4.90 Å². The number of anilines is 1. The summed E-state index contributed by atoms with van der Waals surface area (Å²) in [5.74, 6) is -0.0347. The van der Waals surface area contributed by atoms with Gasteiger partial charge < -0.3 is 9.80 Å². The van der Waals surface area contributed by atoms with Gasteiger partial charge in [-0.1, -0.05) is 25.8 Å². The molecule has 3 heteroatoms. The van der Waals surface area contributed by atoms with Gasteiger partial charge in [-0.25, -0.2) is 4.39 Å². The van der Waals surface area contributed by atoms with Crippen LogP contribution < -0.4 is 4.90 Å². The van der Waals surface area contributed by atoms with Crippen molar-refractivity contribution in [3.05, 3.63) is 29.6 Å². The van der Waals surface area contributed by atoms with Crippen LogP contribution in [-0.4, -0.2) is 38.1 Å². The van der Waals surface area contributed by atoms with Gasteiger partial charge in [-0.05, 0) is 37.6 Å². The zero-order valence-electron chi connectivity index (χ0n) is 12.2. The normalized spacial score (nSPS) is 16.9. The standard InChI is InChI=1S/C16H25FN2/c1-3-4-5-6-14-7-8-15(13-16(14)17)19-11-9-18(2)10-12-19/h7-8,13H,3-6,9-12H2,1-2H3. The van der Waals surface area contributed by atoms with Crippen molar-refractivity contribution < 1.29 is 4.39 Å². The Kier molecular flexibility index (Phi) is 5.20. The van der Waals surface area contributed by atoms with Gasteiger partial charge in [-0.2, -0.15) is 0 Å². The Bertz CT molecular complexity index is 398. The molecule has 0 unspecified atom stereocenters. The van der Waals surface area contributed by atoms with Crippen LogP contribution in [0.4, 0.5) is 10.1 Å². The Morgan fingerprint density at radius 2 is 1.84 bits per heavy atom. The fourth-order valence-electron chi connectivity index (χ4n) is 2.57. The minimum absolute atomic E-state index is 0.0347. The summed E-state index contributed by atoms with van der Waals surface area (Å²) in [6.45, 7) is 6.27. The van der Waals surface area contributed by atoms with E-state index in [1.807, 2.05) is 6.07 Å². The highest BCUT2D eigenvalue weighted by Crippen LogP contribution is 2.21. The van der Waals surface area contributed by atoms with Crippen LogP contribution in [0.5, 0.6) is 0 Å². The molecule has 106 valence electrons. The first-order chi connectivity index (χ1) is 9.20. The third-order valence-corrected chi connectivity index (χ3v) is 3.95. The Hall–Kier alpha value is -1.09. The summed E-state index contributed by atoms with van der Waals surface area (Å²) in [5.41, 5.74) is 1.90. The van der Waals surface area contributed by atoms with E-state index < -0.39 is 0 Å². The molecule has 1 aliphatic heterocycles. The van der Waals surface area contributed by atoms with E-state index in [1.54, 1.807) is 6.07 Å². The number of piperazine rings is 1. The van der Waals surface area contributed by atoms with Gasteiger partial charge in [0.15, 0.2) is 0 Å². The molecule has 1 aromatic carbocycles. The van der Waals surface area contributed by atoms with Gasteiger partial charge in [-0.15, -0.1) is 0 Å². The van der Waals surface area contributed by atoms with Crippen LogP contribution in [0.2, 0.25) is 0 Å². The maximum Gasteiger partial charge on any atom is 0.128 e. The number of hydrogen-bond acceptors (Lipinski definition) is 2. The molecule has 0 aliphatic carbocycles. The van der Waals surface area contributed by atoms with Gasteiger partial charge in [0.1, 0.15) is 5.82 Å². The van der Waals surface area contributed by atoms with Crippen LogP contribution in [0.15, 0.2) is 18.2 Å². The van der Waals surface area contributed by atoms with Crippen molar-refractivity contribution in [2.24, 2.45) is 0 Å². The van der Waals surface area contributed by atoms with Crippen LogP contribution in [0.3, 0.4) is 0 Å². The van der Waals surface area contributed by atoms with Gasteiger partial charge in [0.25, 0.3) is 0 Å². The third kappa shape index (κ3) is 3.93. The molecule has 1 aromatic rings. The molecule has 1 heterocycles. The molecule has 2 rings (SSSR count). The van der Waals surface area contributed by atoms with Crippen molar-refractivity contribution in [3.8, 4) is 0 Å². The van der Waals surface area contributed by atoms with E-state index in [4.69, 9.17) is 0 Å². The van der Waals surface area contributed by atoms with Crippen molar-refractivity contribution in [3.63, 3.8) is 0 Å². The van der Waals surface area contributed by atoms with Gasteiger partial charge >= 0.3 is 0 Å². The SMILES string of the molecule is CCCCCc1ccc(N2CCN(C)CC2)cc1F. The monoisotopic (exact) mass is 264 g/mol. The van der Waals surface area contributed by atoms with Crippen LogP contribution in [0, 0.1) is 5.82 Å². The fourth-order valence-corrected chi connectivity index (χ4v) is 2.57. The number of halogens is 1. The average Bonchev–Trinajstić information content (AvgIpc) is 2.42. The lowest BCUT2D eigenvalue weighted by Gasteiger charge is -2.34. The molecule has 0 saturated carbocycles. The van der Waals surface area contributed by atoms with Crippen LogP contribution in [-0.2, 0) is 6.42 Å². The zero-order chi connectivity index (χ0) is 13.7. The largest absolute Gasteiger partial charge is 0.369 e. The molecule has 0 aromatic heterocycles. The summed E-state index contributed by atoms with van der Waals surface area (Å²) < 4.78 is 14.1. The highest BCUT2D eigenvalue weighted by molar-refractivity contribution is 5.48. The van der Waals surface area contributed by atoms with E-state index in [1.165, 1.54) is 12.8 Å². The first-order valence-electron chi connectivity index (χ1n) is 7.42. The lowest BCUT2D eigenvalue weighted by atomic mass is 10.1. The molecule has 1 aliphatic rings. The number of benzene rings is 1. The number of rotatable bonds is 5. The molecule has 1 fully saturated rings.